The van der Waals surface area contributed by atoms with Gasteiger partial charge in [0, 0.05) is 0 Å². The molecule has 0 aromatic heterocycles. The molecule has 0 aromatic rings. The van der Waals surface area contributed by atoms with E-state index in [-0.39, 0.29) is 0 Å². The predicted molar refractivity (Wildman–Crippen MR) is 83.6 cm³/mol. The zero-order valence-corrected chi connectivity index (χ0v) is 15.1. The molecule has 2 bridgehead atoms. The number of allylic oxidation sites excluding steroid dienone is 2. The molecule has 3 heteroatoms. The first-order valence-corrected chi connectivity index (χ1v) is 13.0. The molecule has 1 spiro atoms. The first-order chi connectivity index (χ1) is 8.79. The number of rotatable bonds is 3. The van der Waals surface area contributed by atoms with Gasteiger partial charge in [0.15, 0.2) is 0 Å². The third kappa shape index (κ3) is 2.06. The summed E-state index contributed by atoms with van der Waals surface area (Å²) in [5, 5.41) is 2.21. The Morgan fingerprint density at radius 2 is 2.16 bits per heavy atom. The molecule has 1 heterocycles. The van der Waals surface area contributed by atoms with Crippen molar-refractivity contribution in [3.8, 4) is 0 Å². The van der Waals surface area contributed by atoms with Crippen molar-refractivity contribution in [3.63, 3.8) is 0 Å². The molecular formula is C16H27ClOSe. The summed E-state index contributed by atoms with van der Waals surface area (Å²) in [5.41, 5.74) is 0.874. The molecule has 3 aliphatic rings. The quantitative estimate of drug-likeness (QED) is 0.508. The van der Waals surface area contributed by atoms with Crippen LogP contribution in [-0.4, -0.2) is 18.4 Å². The minimum atomic E-state index is -2.22. The normalized spacial score (nSPS) is 47.5. The van der Waals surface area contributed by atoms with Crippen LogP contribution in [0.4, 0.5) is 0 Å². The van der Waals surface area contributed by atoms with Crippen LogP contribution in [0.15, 0.2) is 12.2 Å². The van der Waals surface area contributed by atoms with Gasteiger partial charge in [-0.1, -0.05) is 0 Å². The van der Waals surface area contributed by atoms with Crippen LogP contribution in [0.25, 0.3) is 0 Å². The molecular weight excluding hydrogens is 323 g/mol. The molecule has 1 nitrogen and oxygen atoms in total. The minimum absolute atomic E-state index is 0.422. The molecule has 1 aliphatic heterocycles. The third-order valence-corrected chi connectivity index (χ3v) is 12.2. The molecule has 0 N–H and O–H groups in total. The van der Waals surface area contributed by atoms with Crippen LogP contribution in [0.2, 0.25) is 10.6 Å². The first-order valence-electron chi connectivity index (χ1n) is 7.62. The summed E-state index contributed by atoms with van der Waals surface area (Å²) < 4.78 is 6.49. The van der Waals surface area contributed by atoms with E-state index in [0.29, 0.717) is 22.9 Å². The molecule has 0 amide bonds. The molecule has 1 saturated heterocycles. The molecule has 110 valence electrons. The molecule has 2 aliphatic carbocycles. The number of halogens is 1. The second kappa shape index (κ2) is 4.50. The summed E-state index contributed by atoms with van der Waals surface area (Å²) in [6.45, 7) is 9.37. The SMILES string of the molecule is CC(C)/C=C/C[Se@]1(Cl)C[C@]23CC[C@H](CC2O1)C3(C)C. The van der Waals surface area contributed by atoms with Crippen LogP contribution in [0.1, 0.15) is 47.0 Å². The van der Waals surface area contributed by atoms with Crippen LogP contribution in [0, 0.1) is 22.7 Å². The van der Waals surface area contributed by atoms with Crippen molar-refractivity contribution in [2.75, 3.05) is 0 Å². The van der Waals surface area contributed by atoms with Crippen LogP contribution in [0.3, 0.4) is 0 Å². The van der Waals surface area contributed by atoms with Crippen molar-refractivity contribution < 1.29 is 3.82 Å². The summed E-state index contributed by atoms with van der Waals surface area (Å²) in [7, 11) is 6.95. The van der Waals surface area contributed by atoms with Crippen LogP contribution in [-0.2, 0) is 3.82 Å². The van der Waals surface area contributed by atoms with E-state index in [2.05, 4.69) is 39.8 Å². The van der Waals surface area contributed by atoms with Crippen molar-refractivity contribution in [3.05, 3.63) is 12.2 Å². The maximum atomic E-state index is 6.95. The van der Waals surface area contributed by atoms with Crippen LogP contribution < -0.4 is 0 Å². The fourth-order valence-corrected chi connectivity index (χ4v) is 12.4. The van der Waals surface area contributed by atoms with Crippen molar-refractivity contribution in [2.24, 2.45) is 22.7 Å². The van der Waals surface area contributed by atoms with Gasteiger partial charge < -0.3 is 0 Å². The molecule has 3 fully saturated rings. The van der Waals surface area contributed by atoms with Crippen molar-refractivity contribution in [1.29, 1.82) is 0 Å². The van der Waals surface area contributed by atoms with Gasteiger partial charge in [0.25, 0.3) is 0 Å². The molecule has 4 atom stereocenters. The van der Waals surface area contributed by atoms with Gasteiger partial charge in [-0.2, -0.15) is 0 Å². The third-order valence-electron chi connectivity index (χ3n) is 5.99. The molecule has 3 rings (SSSR count). The fourth-order valence-electron chi connectivity index (χ4n) is 4.67. The topological polar surface area (TPSA) is 9.23 Å². The molecule has 2 saturated carbocycles. The van der Waals surface area contributed by atoms with Gasteiger partial charge in [0.05, 0.1) is 0 Å². The maximum absolute atomic E-state index is 6.95. The van der Waals surface area contributed by atoms with E-state index in [0.717, 1.165) is 11.2 Å². The van der Waals surface area contributed by atoms with Gasteiger partial charge in [-0.05, 0) is 0 Å². The summed E-state index contributed by atoms with van der Waals surface area (Å²) >= 11 is -2.22. The Morgan fingerprint density at radius 3 is 2.74 bits per heavy atom. The van der Waals surface area contributed by atoms with E-state index < -0.39 is 12.3 Å². The number of hydrogen-bond acceptors (Lipinski definition) is 1. The second-order valence-electron chi connectivity index (χ2n) is 7.64. The summed E-state index contributed by atoms with van der Waals surface area (Å²) in [4.78, 5) is 0. The average Bonchev–Trinajstić information content (AvgIpc) is 2.78. The van der Waals surface area contributed by atoms with E-state index in [1.807, 2.05) is 0 Å². The van der Waals surface area contributed by atoms with E-state index in [9.17, 15) is 0 Å². The Bertz CT molecular complexity index is 406. The number of fused-ring (bicyclic) bond motifs is 1. The van der Waals surface area contributed by atoms with Gasteiger partial charge in [-0.15, -0.1) is 0 Å². The number of hydrogen-bond donors (Lipinski definition) is 0. The molecule has 0 radical (unpaired) electrons. The second-order valence-corrected chi connectivity index (χ2v) is 15.3. The van der Waals surface area contributed by atoms with Gasteiger partial charge in [0.1, 0.15) is 0 Å². The molecule has 19 heavy (non-hydrogen) atoms. The zero-order valence-electron chi connectivity index (χ0n) is 12.6. The van der Waals surface area contributed by atoms with Crippen molar-refractivity contribution >= 4 is 22.4 Å². The zero-order chi connectivity index (χ0) is 13.9. The van der Waals surface area contributed by atoms with E-state index >= 15 is 0 Å². The van der Waals surface area contributed by atoms with Gasteiger partial charge >= 0.3 is 125 Å². The standard InChI is InChI=1S/C16H27ClOSe/c1-12(2)6-5-9-19(17)11-16-8-7-13(15(16,3)4)10-14(16)18-19/h5-6,12-14H,7-11H2,1-4H3/b6-5+/t13-,14?,16-/m1/s1. The first kappa shape index (κ1) is 14.4. The Kier molecular flexibility index (Phi) is 3.42. The molecule has 1 unspecified atom stereocenters. The van der Waals surface area contributed by atoms with Gasteiger partial charge in [0.2, 0.25) is 0 Å². The van der Waals surface area contributed by atoms with E-state index in [4.69, 9.17) is 13.9 Å². The Hall–Kier alpha value is 0.509. The Morgan fingerprint density at radius 1 is 1.42 bits per heavy atom. The summed E-state index contributed by atoms with van der Waals surface area (Å²) in [6, 6.07) is 0. The fraction of sp³-hybridized carbons (Fsp3) is 0.875. The van der Waals surface area contributed by atoms with E-state index in [1.165, 1.54) is 24.6 Å². The predicted octanol–water partition coefficient (Wildman–Crippen LogP) is 5.10. The summed E-state index contributed by atoms with van der Waals surface area (Å²) in [6.07, 6.45) is 9.07. The van der Waals surface area contributed by atoms with Gasteiger partial charge in [-0.25, -0.2) is 0 Å². The van der Waals surface area contributed by atoms with Gasteiger partial charge in [-0.3, -0.25) is 0 Å². The van der Waals surface area contributed by atoms with Crippen LogP contribution in [0.5, 0.6) is 0 Å². The molecule has 0 aromatic carbocycles. The summed E-state index contributed by atoms with van der Waals surface area (Å²) in [5.74, 6) is 1.49. The van der Waals surface area contributed by atoms with E-state index in [1.54, 1.807) is 0 Å². The van der Waals surface area contributed by atoms with Crippen molar-refractivity contribution in [1.82, 2.24) is 0 Å². The Labute approximate surface area is 124 Å². The monoisotopic (exact) mass is 350 g/mol. The van der Waals surface area contributed by atoms with Crippen molar-refractivity contribution in [2.45, 2.75) is 63.7 Å². The van der Waals surface area contributed by atoms with Crippen LogP contribution >= 0.6 is 10.1 Å². The Balaban J connectivity index is 1.77. The average molecular weight is 350 g/mol.